The summed E-state index contributed by atoms with van der Waals surface area (Å²) in [6, 6.07) is 14.6. The molecular formula is C23H18FN3O5S. The topological polar surface area (TPSA) is 99.5 Å². The Kier molecular flexibility index (Phi) is 6.45. The minimum absolute atomic E-state index is 0.243. The molecule has 0 fully saturated rings. The number of thiophene rings is 1. The van der Waals surface area contributed by atoms with E-state index in [1.807, 2.05) is 30.3 Å². The van der Waals surface area contributed by atoms with E-state index in [1.54, 1.807) is 7.11 Å². The van der Waals surface area contributed by atoms with Crippen LogP contribution in [0.4, 0.5) is 10.1 Å². The third-order valence-electron chi connectivity index (χ3n) is 4.65. The Hall–Kier alpha value is -4.05. The first-order valence-electron chi connectivity index (χ1n) is 9.77. The number of benzene rings is 2. The fourth-order valence-corrected chi connectivity index (χ4v) is 4.11. The van der Waals surface area contributed by atoms with Crippen LogP contribution >= 0.6 is 11.3 Å². The number of rotatable bonds is 7. The lowest BCUT2D eigenvalue weighted by molar-refractivity contribution is -0.147. The molecule has 4 aromatic rings. The Balaban J connectivity index is 1.41. The molecule has 0 radical (unpaired) electrons. The number of aromatic nitrogens is 2. The highest BCUT2D eigenvalue weighted by Crippen LogP contribution is 2.31. The number of ether oxygens (including phenoxy) is 2. The molecule has 33 heavy (non-hydrogen) atoms. The van der Waals surface area contributed by atoms with Crippen molar-refractivity contribution in [1.29, 1.82) is 0 Å². The van der Waals surface area contributed by atoms with Crippen LogP contribution in [0.3, 0.4) is 0 Å². The first kappa shape index (κ1) is 22.2. The van der Waals surface area contributed by atoms with Crippen molar-refractivity contribution < 1.29 is 23.5 Å². The van der Waals surface area contributed by atoms with E-state index in [0.29, 0.717) is 10.2 Å². The fourth-order valence-electron chi connectivity index (χ4n) is 3.05. The molecule has 0 saturated carbocycles. The summed E-state index contributed by atoms with van der Waals surface area (Å²) in [6.07, 6.45) is 1.27. The largest absolute Gasteiger partial charge is 0.497 e. The Morgan fingerprint density at radius 1 is 1.15 bits per heavy atom. The van der Waals surface area contributed by atoms with Crippen molar-refractivity contribution >= 4 is 39.1 Å². The summed E-state index contributed by atoms with van der Waals surface area (Å²) >= 11 is 1.27. The lowest BCUT2D eigenvalue weighted by Gasteiger charge is -2.08. The van der Waals surface area contributed by atoms with Gasteiger partial charge in [-0.1, -0.05) is 6.07 Å². The molecule has 0 aliphatic heterocycles. The Bertz CT molecular complexity index is 1380. The average Bonchev–Trinajstić information content (AvgIpc) is 3.25. The third-order valence-corrected chi connectivity index (χ3v) is 5.81. The third kappa shape index (κ3) is 5.24. The van der Waals surface area contributed by atoms with Crippen LogP contribution in [0.5, 0.6) is 5.75 Å². The highest BCUT2D eigenvalue weighted by atomic mass is 32.1. The number of hydrogen-bond acceptors (Lipinski definition) is 7. The van der Waals surface area contributed by atoms with E-state index in [4.69, 9.17) is 9.47 Å². The minimum Gasteiger partial charge on any atom is -0.497 e. The predicted molar refractivity (Wildman–Crippen MR) is 122 cm³/mol. The van der Waals surface area contributed by atoms with Crippen molar-refractivity contribution in [3.63, 3.8) is 0 Å². The van der Waals surface area contributed by atoms with Gasteiger partial charge < -0.3 is 14.8 Å². The number of hydrogen-bond donors (Lipinski definition) is 1. The molecular weight excluding hydrogens is 449 g/mol. The molecule has 2 aromatic heterocycles. The summed E-state index contributed by atoms with van der Waals surface area (Å²) in [7, 11) is 1.59. The van der Waals surface area contributed by atoms with Crippen LogP contribution in [-0.4, -0.2) is 35.1 Å². The number of carbonyl (C=O) groups is 2. The lowest BCUT2D eigenvalue weighted by Crippen LogP contribution is -2.27. The molecule has 0 atom stereocenters. The molecule has 1 N–H and O–H groups in total. The number of nitrogens with one attached hydrogen (secondary N) is 1. The van der Waals surface area contributed by atoms with Gasteiger partial charge in [-0.25, -0.2) is 9.37 Å². The van der Waals surface area contributed by atoms with Gasteiger partial charge in [0.25, 0.3) is 11.5 Å². The van der Waals surface area contributed by atoms with Gasteiger partial charge in [0.2, 0.25) is 0 Å². The maximum Gasteiger partial charge on any atom is 0.326 e. The number of anilines is 1. The maximum absolute atomic E-state index is 13.2. The molecule has 0 spiro atoms. The number of methoxy groups -OCH3 is 1. The maximum atomic E-state index is 13.2. The summed E-state index contributed by atoms with van der Waals surface area (Å²) in [6.45, 7) is -0.967. The molecule has 0 unspecified atom stereocenters. The average molecular weight is 467 g/mol. The van der Waals surface area contributed by atoms with Gasteiger partial charge in [-0.15, -0.1) is 11.3 Å². The van der Waals surface area contributed by atoms with E-state index in [1.165, 1.54) is 35.9 Å². The standard InChI is InChI=1S/C23H18FN3O5S/c1-31-17-7-5-14(6-8-17)19-10-18-22(33-19)23(30)27(13-25-18)11-21(29)32-12-20(28)26-16-4-2-3-15(24)9-16/h2-10,13H,11-12H2,1H3,(H,26,28). The number of carbonyl (C=O) groups excluding carboxylic acids is 2. The van der Waals surface area contributed by atoms with Crippen LogP contribution in [-0.2, 0) is 20.9 Å². The van der Waals surface area contributed by atoms with Crippen molar-refractivity contribution in [2.45, 2.75) is 6.54 Å². The highest BCUT2D eigenvalue weighted by Gasteiger charge is 2.14. The van der Waals surface area contributed by atoms with Crippen molar-refractivity contribution in [3.05, 3.63) is 77.1 Å². The van der Waals surface area contributed by atoms with Gasteiger partial charge in [0.1, 0.15) is 22.8 Å². The van der Waals surface area contributed by atoms with E-state index >= 15 is 0 Å². The Labute approximate surface area is 191 Å². The Morgan fingerprint density at radius 2 is 1.94 bits per heavy atom. The molecule has 1 amide bonds. The van der Waals surface area contributed by atoms with E-state index < -0.39 is 30.8 Å². The van der Waals surface area contributed by atoms with Gasteiger partial charge in [-0.3, -0.25) is 19.0 Å². The van der Waals surface area contributed by atoms with Gasteiger partial charge in [0, 0.05) is 10.6 Å². The molecule has 0 saturated heterocycles. The molecule has 0 bridgehead atoms. The quantitative estimate of drug-likeness (QED) is 0.418. The first-order chi connectivity index (χ1) is 15.9. The number of nitrogens with zero attached hydrogens (tertiary/aromatic N) is 2. The zero-order valence-corrected chi connectivity index (χ0v) is 18.2. The van der Waals surface area contributed by atoms with Gasteiger partial charge in [-0.05, 0) is 54.1 Å². The normalized spacial score (nSPS) is 10.7. The SMILES string of the molecule is COc1ccc(-c2cc3ncn(CC(=O)OCC(=O)Nc4cccc(F)c4)c(=O)c3s2)cc1. The van der Waals surface area contributed by atoms with Crippen LogP contribution in [0.15, 0.2) is 65.7 Å². The Morgan fingerprint density at radius 3 is 2.67 bits per heavy atom. The smallest absolute Gasteiger partial charge is 0.326 e. The molecule has 2 aromatic carbocycles. The summed E-state index contributed by atoms with van der Waals surface area (Å²) in [5.41, 5.74) is 1.29. The number of esters is 1. The molecule has 2 heterocycles. The van der Waals surface area contributed by atoms with Crippen molar-refractivity contribution in [1.82, 2.24) is 9.55 Å². The van der Waals surface area contributed by atoms with E-state index in [0.717, 1.165) is 26.8 Å². The van der Waals surface area contributed by atoms with E-state index in [-0.39, 0.29) is 11.2 Å². The molecule has 0 aliphatic rings. The summed E-state index contributed by atoms with van der Waals surface area (Å²) in [5.74, 6) is -1.18. The van der Waals surface area contributed by atoms with E-state index in [9.17, 15) is 18.8 Å². The number of amides is 1. The van der Waals surface area contributed by atoms with Gasteiger partial charge in [0.15, 0.2) is 6.61 Å². The molecule has 8 nitrogen and oxygen atoms in total. The van der Waals surface area contributed by atoms with Crippen LogP contribution in [0.2, 0.25) is 0 Å². The number of fused-ring (bicyclic) bond motifs is 1. The zero-order valence-electron chi connectivity index (χ0n) is 17.4. The van der Waals surface area contributed by atoms with Gasteiger partial charge in [-0.2, -0.15) is 0 Å². The van der Waals surface area contributed by atoms with Crippen LogP contribution in [0.25, 0.3) is 20.7 Å². The molecule has 4 rings (SSSR count). The highest BCUT2D eigenvalue weighted by molar-refractivity contribution is 7.22. The zero-order chi connectivity index (χ0) is 23.4. The first-order valence-corrected chi connectivity index (χ1v) is 10.6. The minimum atomic E-state index is -0.778. The van der Waals surface area contributed by atoms with Crippen molar-refractivity contribution in [3.8, 4) is 16.2 Å². The fraction of sp³-hybridized carbons (Fsp3) is 0.130. The number of halogens is 1. The lowest BCUT2D eigenvalue weighted by atomic mass is 10.2. The monoisotopic (exact) mass is 467 g/mol. The summed E-state index contributed by atoms with van der Waals surface area (Å²) in [5, 5.41) is 2.42. The summed E-state index contributed by atoms with van der Waals surface area (Å²) in [4.78, 5) is 42.0. The van der Waals surface area contributed by atoms with Crippen LogP contribution in [0, 0.1) is 5.82 Å². The van der Waals surface area contributed by atoms with Crippen LogP contribution < -0.4 is 15.6 Å². The van der Waals surface area contributed by atoms with Gasteiger partial charge in [0.05, 0.1) is 19.0 Å². The summed E-state index contributed by atoms with van der Waals surface area (Å²) < 4.78 is 24.8. The molecule has 0 aliphatic carbocycles. The van der Waals surface area contributed by atoms with Crippen LogP contribution in [0.1, 0.15) is 0 Å². The second-order valence-electron chi connectivity index (χ2n) is 6.95. The predicted octanol–water partition coefficient (Wildman–Crippen LogP) is 3.45. The van der Waals surface area contributed by atoms with Crippen molar-refractivity contribution in [2.75, 3.05) is 19.0 Å². The van der Waals surface area contributed by atoms with Gasteiger partial charge >= 0.3 is 5.97 Å². The van der Waals surface area contributed by atoms with Crippen molar-refractivity contribution in [2.24, 2.45) is 0 Å². The second kappa shape index (κ2) is 9.61. The molecule has 168 valence electrons. The van der Waals surface area contributed by atoms with E-state index in [2.05, 4.69) is 10.3 Å². The second-order valence-corrected chi connectivity index (χ2v) is 8.00. The molecule has 10 heteroatoms.